The van der Waals surface area contributed by atoms with Crippen LogP contribution in [0.25, 0.3) is 0 Å². The van der Waals surface area contributed by atoms with Gasteiger partial charge in [-0.15, -0.1) is 0 Å². The molecule has 14 nitrogen and oxygen atoms in total. The van der Waals surface area contributed by atoms with Crippen LogP contribution in [0.2, 0.25) is 0 Å². The first-order valence-electron chi connectivity index (χ1n) is 5.31. The number of aliphatic carboxylic acids is 1. The van der Waals surface area contributed by atoms with Gasteiger partial charge in [0.15, 0.2) is 0 Å². The lowest BCUT2D eigenvalue weighted by Crippen LogP contribution is -2.46. The molecule has 0 spiro atoms. The van der Waals surface area contributed by atoms with E-state index >= 15 is 0 Å². The average Bonchev–Trinajstić information content (AvgIpc) is 2.25. The Bertz CT molecular complexity index is 368. The number of quaternary nitrogens is 4. The van der Waals surface area contributed by atoms with Gasteiger partial charge < -0.3 is 69.3 Å². The number of carbonyl (C=O) groups excluding carboxylic acids is 2. The molecule has 0 radical (unpaired) electrons. The summed E-state index contributed by atoms with van der Waals surface area (Å²) in [6.07, 6.45) is -1.68. The number of carbonyl (C=O) groups is 2. The normalized spacial score (nSPS) is 10.8. The zero-order chi connectivity index (χ0) is 16.6. The van der Waals surface area contributed by atoms with E-state index in [0.29, 0.717) is 0 Å². The summed E-state index contributed by atoms with van der Waals surface area (Å²) in [4.78, 5) is 46.9. The standard InChI is InChI=1S/C9H17NO5.4H3N.H3O4P/c1-9(2,5-11)7(14)8(15)10-4-3-6(12)13;;;;;1-5(2,3)4/h7,11,14H,3-5H2,1-2H3,(H,10,15)(H,12,13);4*1H3;(H3,1,2,3,4)/t7-;;;;;/m0...../s1. The molecule has 0 saturated carbocycles. The van der Waals surface area contributed by atoms with E-state index in [1.165, 1.54) is 13.8 Å². The number of amides is 1. The van der Waals surface area contributed by atoms with E-state index in [2.05, 4.69) is 5.32 Å². The van der Waals surface area contributed by atoms with Crippen LogP contribution in [-0.4, -0.2) is 41.3 Å². The molecule has 0 heterocycles. The van der Waals surface area contributed by atoms with E-state index < -0.39 is 31.2 Å². The second-order valence-corrected chi connectivity index (χ2v) is 5.30. The summed E-state index contributed by atoms with van der Waals surface area (Å²) in [6, 6.07) is 0. The lowest BCUT2D eigenvalue weighted by atomic mass is 9.87. The minimum atomic E-state index is -5.39. The molecule has 24 heavy (non-hydrogen) atoms. The predicted octanol–water partition coefficient (Wildman–Crippen LogP) is -3.70. The number of nitrogens with one attached hydrogen (secondary N) is 1. The Morgan fingerprint density at radius 3 is 1.71 bits per heavy atom. The van der Waals surface area contributed by atoms with Crippen molar-refractivity contribution in [2.45, 2.75) is 26.4 Å². The van der Waals surface area contributed by atoms with Gasteiger partial charge in [-0.3, -0.25) is 4.79 Å². The van der Waals surface area contributed by atoms with Gasteiger partial charge in [0.05, 0.1) is 6.61 Å². The highest BCUT2D eigenvalue weighted by Crippen LogP contribution is 2.19. The molecule has 152 valence electrons. The van der Waals surface area contributed by atoms with E-state index in [9.17, 15) is 19.8 Å². The molecule has 0 rings (SSSR count). The number of aliphatic hydroxyl groups excluding tert-OH is 2. The van der Waals surface area contributed by atoms with E-state index in [1.54, 1.807) is 0 Å². The molecule has 1 amide bonds. The summed E-state index contributed by atoms with van der Waals surface area (Å²) in [6.45, 7) is 2.60. The smallest absolute Gasteiger partial charge is 0.249 e. The summed E-state index contributed by atoms with van der Waals surface area (Å²) in [5, 5.41) is 30.6. The minimum Gasteiger partial charge on any atom is -0.822 e. The summed E-state index contributed by atoms with van der Waals surface area (Å²) in [5.41, 5.74) is -0.953. The predicted molar refractivity (Wildman–Crippen MR) is 81.1 cm³/mol. The molecule has 19 N–H and O–H groups in total. The molecule has 0 fully saturated rings. The van der Waals surface area contributed by atoms with E-state index in [-0.39, 0.29) is 44.2 Å². The lowest BCUT2D eigenvalue weighted by molar-refractivity contribution is -0.432. The van der Waals surface area contributed by atoms with Crippen LogP contribution in [0.3, 0.4) is 0 Å². The number of rotatable bonds is 6. The van der Waals surface area contributed by atoms with Gasteiger partial charge in [-0.1, -0.05) is 13.8 Å². The van der Waals surface area contributed by atoms with Crippen LogP contribution < -0.4 is 49.7 Å². The van der Waals surface area contributed by atoms with Gasteiger partial charge in [0.1, 0.15) is 6.10 Å². The van der Waals surface area contributed by atoms with Crippen molar-refractivity contribution in [1.82, 2.24) is 29.9 Å². The van der Waals surface area contributed by atoms with E-state index in [0.717, 1.165) is 0 Å². The van der Waals surface area contributed by atoms with Gasteiger partial charge in [-0.25, -0.2) is 0 Å². The molecular weight excluding hydrogens is 353 g/mol. The molecule has 0 aliphatic carbocycles. The van der Waals surface area contributed by atoms with Crippen molar-refractivity contribution in [2.24, 2.45) is 5.41 Å². The molecule has 0 aromatic rings. The zero-order valence-electron chi connectivity index (χ0n) is 14.9. The highest BCUT2D eigenvalue weighted by molar-refractivity contribution is 7.40. The van der Waals surface area contributed by atoms with Crippen LogP contribution in [0.4, 0.5) is 0 Å². The fourth-order valence-corrected chi connectivity index (χ4v) is 0.826. The third-order valence-electron chi connectivity index (χ3n) is 2.02. The second-order valence-electron chi connectivity index (χ2n) is 4.41. The molecule has 0 saturated heterocycles. The van der Waals surface area contributed by atoms with Crippen molar-refractivity contribution in [3.8, 4) is 0 Å². The topological polar surface area (TPSA) is 342 Å². The Balaban J connectivity index is -0.0000000795. The third-order valence-corrected chi connectivity index (χ3v) is 2.02. The first kappa shape index (κ1) is 38.4. The lowest BCUT2D eigenvalue weighted by Gasteiger charge is -2.36. The Hall–Kier alpha value is -1.19. The van der Waals surface area contributed by atoms with Crippen molar-refractivity contribution >= 4 is 19.7 Å². The molecule has 0 aromatic carbocycles. The number of hydrogen-bond donors (Lipinski definition) is 7. The van der Waals surface area contributed by atoms with Crippen LogP contribution in [0.1, 0.15) is 20.3 Å². The van der Waals surface area contributed by atoms with Crippen LogP contribution in [-0.2, 0) is 14.2 Å². The van der Waals surface area contributed by atoms with E-state index in [1.807, 2.05) is 0 Å². The number of phosphoric acid groups is 1. The number of carboxylic acid groups (broad SMARTS) is 1. The summed E-state index contributed by atoms with van der Waals surface area (Å²) in [7, 11) is -5.39. The number of carboxylic acids is 1. The quantitative estimate of drug-likeness (QED) is 0.221. The maximum atomic E-state index is 11.2. The van der Waals surface area contributed by atoms with Crippen LogP contribution in [0.5, 0.6) is 0 Å². The van der Waals surface area contributed by atoms with Crippen molar-refractivity contribution in [3.05, 3.63) is 0 Å². The number of aliphatic hydroxyl groups is 2. The molecular formula is C9H32N5O9P. The maximum absolute atomic E-state index is 11.2. The second kappa shape index (κ2) is 16.7. The zero-order valence-corrected chi connectivity index (χ0v) is 15.8. The summed E-state index contributed by atoms with van der Waals surface area (Å²) in [5.74, 6) is -1.97. The monoisotopic (exact) mass is 385 g/mol. The Morgan fingerprint density at radius 2 is 1.46 bits per heavy atom. The highest BCUT2D eigenvalue weighted by Gasteiger charge is 2.32. The largest absolute Gasteiger partial charge is 0.822 e. The molecule has 0 bridgehead atoms. The Morgan fingerprint density at radius 1 is 1.12 bits per heavy atom. The molecule has 1 atom stereocenters. The fraction of sp³-hybridized carbons (Fsp3) is 0.778. The molecule has 0 unspecified atom stereocenters. The molecule has 0 aliphatic heterocycles. The highest BCUT2D eigenvalue weighted by atomic mass is 31.2. The molecule has 0 aliphatic rings. The van der Waals surface area contributed by atoms with Crippen molar-refractivity contribution in [3.63, 3.8) is 0 Å². The Labute approximate surface area is 139 Å². The maximum Gasteiger partial charge on any atom is 0.249 e. The van der Waals surface area contributed by atoms with Crippen molar-refractivity contribution < 1.29 is 44.2 Å². The van der Waals surface area contributed by atoms with Crippen molar-refractivity contribution in [2.75, 3.05) is 13.2 Å². The van der Waals surface area contributed by atoms with E-state index in [4.69, 9.17) is 24.4 Å². The minimum absolute atomic E-state index is 0. The number of hydrogen-bond acceptors (Lipinski definition) is 9. The SMILES string of the molecule is CC(C)(CO)[C@@H](O)C(=O)NCCC(=O)[O-].O=P([O-])([O-])[O-].[NH4+].[NH4+].[NH4+].[NH4+]. The third kappa shape index (κ3) is 25.7. The first-order valence-corrected chi connectivity index (χ1v) is 6.77. The summed E-state index contributed by atoms with van der Waals surface area (Å²) < 4.78 is 8.55. The van der Waals surface area contributed by atoms with Gasteiger partial charge in [-0.2, -0.15) is 7.82 Å². The summed E-state index contributed by atoms with van der Waals surface area (Å²) >= 11 is 0. The molecule has 0 aromatic heterocycles. The molecule has 15 heteroatoms. The van der Waals surface area contributed by atoms with Crippen LogP contribution in [0.15, 0.2) is 0 Å². The Kier molecular flexibility index (Phi) is 26.7. The average molecular weight is 385 g/mol. The van der Waals surface area contributed by atoms with Crippen molar-refractivity contribution in [1.29, 1.82) is 0 Å². The van der Waals surface area contributed by atoms with Gasteiger partial charge in [0.2, 0.25) is 5.91 Å². The van der Waals surface area contributed by atoms with Gasteiger partial charge in [-0.05, 0) is 0 Å². The van der Waals surface area contributed by atoms with Crippen LogP contribution >= 0.6 is 7.82 Å². The van der Waals surface area contributed by atoms with Gasteiger partial charge >= 0.3 is 0 Å². The van der Waals surface area contributed by atoms with Gasteiger partial charge in [0, 0.05) is 24.3 Å². The van der Waals surface area contributed by atoms with Gasteiger partial charge in [0.25, 0.3) is 0 Å². The fourth-order valence-electron chi connectivity index (χ4n) is 0.826. The van der Waals surface area contributed by atoms with Crippen LogP contribution in [0, 0.1) is 5.41 Å². The first-order chi connectivity index (χ1) is 8.81.